The van der Waals surface area contributed by atoms with Gasteiger partial charge in [-0.2, -0.15) is 10.2 Å². The molecule has 0 fully saturated rings. The van der Waals surface area contributed by atoms with Gasteiger partial charge in [0.05, 0.1) is 11.7 Å². The van der Waals surface area contributed by atoms with Crippen molar-refractivity contribution in [1.82, 2.24) is 15.0 Å². The highest BCUT2D eigenvalue weighted by molar-refractivity contribution is 5.64. The van der Waals surface area contributed by atoms with Crippen molar-refractivity contribution in [2.45, 2.75) is 32.8 Å². The largest absolute Gasteiger partial charge is 0.490 e. The Morgan fingerprint density at radius 3 is 2.65 bits per heavy atom. The molecule has 0 amide bonds. The van der Waals surface area contributed by atoms with Crippen LogP contribution in [0.2, 0.25) is 0 Å². The van der Waals surface area contributed by atoms with Crippen LogP contribution in [-0.2, 0) is 12.8 Å². The van der Waals surface area contributed by atoms with Crippen LogP contribution in [0.25, 0.3) is 22.8 Å². The first-order valence-electron chi connectivity index (χ1n) is 10.7. The number of nitrogens with two attached hydrogens (primary N) is 1. The molecule has 7 heteroatoms. The molecule has 31 heavy (non-hydrogen) atoms. The lowest BCUT2D eigenvalue weighted by Crippen LogP contribution is -2.31. The molecule has 0 atom stereocenters. The number of aromatic nitrogens is 2. The molecule has 0 radical (unpaired) electrons. The van der Waals surface area contributed by atoms with Crippen molar-refractivity contribution < 1.29 is 9.26 Å². The van der Waals surface area contributed by atoms with E-state index in [1.165, 1.54) is 11.1 Å². The molecule has 7 nitrogen and oxygen atoms in total. The molecule has 2 heterocycles. The molecule has 0 saturated carbocycles. The minimum absolute atomic E-state index is 0.0106. The van der Waals surface area contributed by atoms with Gasteiger partial charge in [-0.3, -0.25) is 0 Å². The molecule has 3 aromatic rings. The number of nitrogens with zero attached hydrogens (tertiary/aromatic N) is 4. The first-order valence-corrected chi connectivity index (χ1v) is 10.7. The van der Waals surface area contributed by atoms with E-state index in [1.54, 1.807) is 12.1 Å². The lowest BCUT2D eigenvalue weighted by molar-refractivity contribution is 0.241. The van der Waals surface area contributed by atoms with E-state index in [0.717, 1.165) is 38.0 Å². The highest BCUT2D eigenvalue weighted by Crippen LogP contribution is 2.29. The van der Waals surface area contributed by atoms with E-state index < -0.39 is 0 Å². The van der Waals surface area contributed by atoms with Gasteiger partial charge < -0.3 is 19.9 Å². The van der Waals surface area contributed by atoms with E-state index in [9.17, 15) is 5.26 Å². The summed E-state index contributed by atoms with van der Waals surface area (Å²) in [6.07, 6.45) is 1.99. The zero-order valence-electron chi connectivity index (χ0n) is 18.0. The van der Waals surface area contributed by atoms with Crippen molar-refractivity contribution >= 4 is 0 Å². The highest BCUT2D eigenvalue weighted by Gasteiger charge is 2.17. The molecule has 0 saturated heterocycles. The van der Waals surface area contributed by atoms with Gasteiger partial charge in [0.15, 0.2) is 0 Å². The molecular weight excluding hydrogens is 390 g/mol. The van der Waals surface area contributed by atoms with Crippen molar-refractivity contribution in [3.8, 4) is 34.7 Å². The Morgan fingerprint density at radius 2 is 1.90 bits per heavy atom. The van der Waals surface area contributed by atoms with Crippen molar-refractivity contribution in [1.29, 1.82) is 5.26 Å². The Morgan fingerprint density at radius 1 is 1.13 bits per heavy atom. The summed E-state index contributed by atoms with van der Waals surface area (Å²) in [7, 11) is 0. The maximum atomic E-state index is 9.47. The average Bonchev–Trinajstić information content (AvgIpc) is 3.17. The van der Waals surface area contributed by atoms with E-state index in [4.69, 9.17) is 15.0 Å². The maximum Gasteiger partial charge on any atom is 0.258 e. The average molecular weight is 418 g/mol. The number of hydrogen-bond donors (Lipinski definition) is 1. The summed E-state index contributed by atoms with van der Waals surface area (Å²) in [6.45, 7) is 7.51. The first kappa shape index (κ1) is 21.0. The van der Waals surface area contributed by atoms with Crippen LogP contribution in [0.4, 0.5) is 0 Å². The van der Waals surface area contributed by atoms with E-state index in [1.807, 2.05) is 26.0 Å². The van der Waals surface area contributed by atoms with Crippen LogP contribution in [0.3, 0.4) is 0 Å². The molecule has 0 unspecified atom stereocenters. The van der Waals surface area contributed by atoms with Crippen molar-refractivity contribution in [3.05, 3.63) is 53.1 Å². The summed E-state index contributed by atoms with van der Waals surface area (Å²) in [5, 5.41) is 13.6. The Bertz CT molecular complexity index is 1100. The lowest BCUT2D eigenvalue weighted by atomic mass is 10.00. The van der Waals surface area contributed by atoms with Crippen molar-refractivity contribution in [3.63, 3.8) is 0 Å². The Hall–Kier alpha value is -3.21. The molecule has 2 N–H and O–H groups in total. The molecule has 1 aliphatic heterocycles. The molecule has 1 aliphatic rings. The summed E-state index contributed by atoms with van der Waals surface area (Å²) in [4.78, 5) is 6.99. The van der Waals surface area contributed by atoms with Crippen LogP contribution in [0.1, 0.15) is 30.5 Å². The minimum Gasteiger partial charge on any atom is -0.490 e. The van der Waals surface area contributed by atoms with E-state index >= 15 is 0 Å². The van der Waals surface area contributed by atoms with E-state index in [-0.39, 0.29) is 6.10 Å². The van der Waals surface area contributed by atoms with Crippen LogP contribution in [0, 0.1) is 11.3 Å². The Labute approximate surface area is 182 Å². The van der Waals surface area contributed by atoms with Crippen LogP contribution < -0.4 is 10.5 Å². The topological polar surface area (TPSA) is 101 Å². The quantitative estimate of drug-likeness (QED) is 0.656. The Balaban J connectivity index is 1.57. The number of nitriles is 1. The van der Waals surface area contributed by atoms with Gasteiger partial charge >= 0.3 is 0 Å². The van der Waals surface area contributed by atoms with Gasteiger partial charge in [-0.1, -0.05) is 17.3 Å². The predicted octanol–water partition coefficient (Wildman–Crippen LogP) is 3.42. The molecule has 160 valence electrons. The summed E-state index contributed by atoms with van der Waals surface area (Å²) < 4.78 is 11.2. The van der Waals surface area contributed by atoms with Gasteiger partial charge in [-0.05, 0) is 62.1 Å². The molecule has 0 aliphatic carbocycles. The maximum absolute atomic E-state index is 9.47. The van der Waals surface area contributed by atoms with Crippen LogP contribution in [0.5, 0.6) is 5.75 Å². The van der Waals surface area contributed by atoms with Crippen molar-refractivity contribution in [2.24, 2.45) is 5.73 Å². The predicted molar refractivity (Wildman–Crippen MR) is 119 cm³/mol. The molecule has 0 bridgehead atoms. The second-order valence-corrected chi connectivity index (χ2v) is 8.03. The van der Waals surface area contributed by atoms with Crippen LogP contribution in [0.15, 0.2) is 40.9 Å². The van der Waals surface area contributed by atoms with Gasteiger partial charge in [0.2, 0.25) is 5.82 Å². The van der Waals surface area contributed by atoms with Crippen LogP contribution >= 0.6 is 0 Å². The number of benzene rings is 2. The smallest absolute Gasteiger partial charge is 0.258 e. The molecule has 1 aromatic heterocycles. The van der Waals surface area contributed by atoms with Gasteiger partial charge in [0.1, 0.15) is 11.8 Å². The summed E-state index contributed by atoms with van der Waals surface area (Å²) in [6, 6.07) is 13.9. The van der Waals surface area contributed by atoms with Gasteiger partial charge in [-0.25, -0.2) is 0 Å². The SMILES string of the molecule is CC(C)Oc1ccc(-c2nc(-c3ccc4c(c3)CCN(CCN)CC4)no2)cc1C#N. The van der Waals surface area contributed by atoms with E-state index in [0.29, 0.717) is 35.1 Å². The van der Waals surface area contributed by atoms with Gasteiger partial charge in [-0.15, -0.1) is 0 Å². The Kier molecular flexibility index (Phi) is 6.31. The standard InChI is InChI=1S/C24H27N5O2/c1-16(2)30-22-6-5-20(14-21(22)15-26)24-27-23(28-31-24)19-4-3-17-7-10-29(12-9-25)11-8-18(17)13-19/h3-6,13-14,16H,7-12,25H2,1-2H3. The minimum atomic E-state index is -0.0106. The highest BCUT2D eigenvalue weighted by atomic mass is 16.5. The molecule has 2 aromatic carbocycles. The fourth-order valence-electron chi connectivity index (χ4n) is 3.88. The van der Waals surface area contributed by atoms with E-state index in [2.05, 4.69) is 33.2 Å². The van der Waals surface area contributed by atoms with Gasteiger partial charge in [0.25, 0.3) is 5.89 Å². The zero-order chi connectivity index (χ0) is 21.8. The number of hydrogen-bond acceptors (Lipinski definition) is 7. The summed E-state index contributed by atoms with van der Waals surface area (Å²) >= 11 is 0. The number of ether oxygens (including phenoxy) is 1. The fraction of sp³-hybridized carbons (Fsp3) is 0.375. The second kappa shape index (κ2) is 9.29. The monoisotopic (exact) mass is 417 g/mol. The molecule has 0 spiro atoms. The lowest BCUT2D eigenvalue weighted by Gasteiger charge is -2.17. The first-order chi connectivity index (χ1) is 15.1. The molecule has 4 rings (SSSR count). The molecular formula is C24H27N5O2. The summed E-state index contributed by atoms with van der Waals surface area (Å²) in [5.41, 5.74) is 10.5. The number of fused-ring (bicyclic) bond motifs is 1. The number of rotatable bonds is 6. The third-order valence-electron chi connectivity index (χ3n) is 5.44. The second-order valence-electron chi connectivity index (χ2n) is 8.03. The third-order valence-corrected chi connectivity index (χ3v) is 5.44. The third kappa shape index (κ3) is 4.76. The van der Waals surface area contributed by atoms with Crippen molar-refractivity contribution in [2.75, 3.05) is 26.2 Å². The van der Waals surface area contributed by atoms with Crippen LogP contribution in [-0.4, -0.2) is 47.3 Å². The zero-order valence-corrected chi connectivity index (χ0v) is 18.0. The summed E-state index contributed by atoms with van der Waals surface area (Å²) in [5.74, 6) is 1.48. The normalized spacial score (nSPS) is 14.2. The fourth-order valence-corrected chi connectivity index (χ4v) is 3.88. The van der Waals surface area contributed by atoms with Gasteiger partial charge in [0, 0.05) is 37.3 Å².